The Hall–Kier alpha value is -1.48. The lowest BCUT2D eigenvalue weighted by atomic mass is 10.1. The Morgan fingerprint density at radius 1 is 1.10 bits per heavy atom. The maximum absolute atomic E-state index is 5.80. The van der Waals surface area contributed by atoms with Crippen molar-refractivity contribution in [3.63, 3.8) is 0 Å². The average Bonchev–Trinajstić information content (AvgIpc) is 2.50. The molecule has 0 aliphatic carbocycles. The second kappa shape index (κ2) is 8.73. The van der Waals surface area contributed by atoms with Gasteiger partial charge in [-0.2, -0.15) is 0 Å². The van der Waals surface area contributed by atoms with Crippen molar-refractivity contribution in [2.45, 2.75) is 49.7 Å². The molecular weight excluding hydrogens is 276 g/mol. The van der Waals surface area contributed by atoms with Gasteiger partial charge in [-0.05, 0) is 36.6 Å². The van der Waals surface area contributed by atoms with E-state index in [-0.39, 0.29) is 0 Å². The van der Waals surface area contributed by atoms with E-state index in [1.54, 1.807) is 6.20 Å². The zero-order valence-corrected chi connectivity index (χ0v) is 13.5. The van der Waals surface area contributed by atoms with Crippen molar-refractivity contribution in [1.82, 2.24) is 4.98 Å². The molecule has 0 fully saturated rings. The van der Waals surface area contributed by atoms with E-state index in [1.165, 1.54) is 42.6 Å². The van der Waals surface area contributed by atoms with Crippen LogP contribution in [0.5, 0.6) is 0 Å². The molecule has 2 nitrogen and oxygen atoms in total. The third-order valence-electron chi connectivity index (χ3n) is 3.49. The number of hydrogen-bond donors (Lipinski definition) is 1. The SMILES string of the molecule is CCCCCCc1ccccc1SCc1cc(N)ccn1. The van der Waals surface area contributed by atoms with Crippen LogP contribution >= 0.6 is 11.8 Å². The van der Waals surface area contributed by atoms with Gasteiger partial charge in [0, 0.05) is 22.5 Å². The highest BCUT2D eigenvalue weighted by Gasteiger charge is 2.04. The minimum Gasteiger partial charge on any atom is -0.399 e. The highest BCUT2D eigenvalue weighted by atomic mass is 32.2. The molecular formula is C18H24N2S. The first-order valence-corrected chi connectivity index (χ1v) is 8.69. The lowest BCUT2D eigenvalue weighted by Crippen LogP contribution is -1.93. The molecule has 0 unspecified atom stereocenters. The number of nitrogens with zero attached hydrogens (tertiary/aromatic N) is 1. The number of pyridine rings is 1. The molecule has 2 N–H and O–H groups in total. The summed E-state index contributed by atoms with van der Waals surface area (Å²) in [5.74, 6) is 0.872. The normalized spacial score (nSPS) is 10.7. The highest BCUT2D eigenvalue weighted by molar-refractivity contribution is 7.98. The van der Waals surface area contributed by atoms with Crippen LogP contribution in [-0.4, -0.2) is 4.98 Å². The van der Waals surface area contributed by atoms with Gasteiger partial charge in [-0.1, -0.05) is 44.4 Å². The minimum atomic E-state index is 0.786. The first-order chi connectivity index (χ1) is 10.3. The molecule has 2 aromatic rings. The van der Waals surface area contributed by atoms with Crippen LogP contribution in [0.1, 0.15) is 43.9 Å². The summed E-state index contributed by atoms with van der Waals surface area (Å²) in [6.07, 6.45) is 8.18. The number of thioether (sulfide) groups is 1. The molecule has 0 saturated carbocycles. The molecule has 0 spiro atoms. The molecule has 0 aliphatic heterocycles. The van der Waals surface area contributed by atoms with Gasteiger partial charge >= 0.3 is 0 Å². The van der Waals surface area contributed by atoms with Gasteiger partial charge in [-0.3, -0.25) is 4.98 Å². The predicted molar refractivity (Wildman–Crippen MR) is 92.5 cm³/mol. The molecule has 3 heteroatoms. The summed E-state index contributed by atoms with van der Waals surface area (Å²) in [6.45, 7) is 2.25. The molecule has 1 aromatic heterocycles. The maximum Gasteiger partial charge on any atom is 0.0526 e. The van der Waals surface area contributed by atoms with Crippen LogP contribution in [0.3, 0.4) is 0 Å². The van der Waals surface area contributed by atoms with E-state index in [9.17, 15) is 0 Å². The maximum atomic E-state index is 5.80. The third kappa shape index (κ3) is 5.43. The molecule has 2 rings (SSSR count). The topological polar surface area (TPSA) is 38.9 Å². The molecule has 0 bridgehead atoms. The van der Waals surface area contributed by atoms with Crippen LogP contribution < -0.4 is 5.73 Å². The number of aromatic nitrogens is 1. The Morgan fingerprint density at radius 2 is 1.95 bits per heavy atom. The lowest BCUT2D eigenvalue weighted by Gasteiger charge is -2.09. The van der Waals surface area contributed by atoms with Crippen molar-refractivity contribution in [3.8, 4) is 0 Å². The molecule has 1 aromatic carbocycles. The Balaban J connectivity index is 1.93. The van der Waals surface area contributed by atoms with E-state index < -0.39 is 0 Å². The van der Waals surface area contributed by atoms with Gasteiger partial charge in [0.05, 0.1) is 5.69 Å². The number of nitrogen functional groups attached to an aromatic ring is 1. The van der Waals surface area contributed by atoms with Crippen LogP contribution in [0.25, 0.3) is 0 Å². The molecule has 0 atom stereocenters. The second-order valence-electron chi connectivity index (χ2n) is 5.29. The van der Waals surface area contributed by atoms with E-state index in [0.717, 1.165) is 17.1 Å². The standard InChI is InChI=1S/C18H24N2S/c1-2-3-4-5-8-15-9-6-7-10-18(15)21-14-17-13-16(19)11-12-20-17/h6-7,9-13H,2-5,8,14H2,1H3,(H2,19,20). The van der Waals surface area contributed by atoms with Gasteiger partial charge < -0.3 is 5.73 Å². The summed E-state index contributed by atoms with van der Waals surface area (Å²) in [7, 11) is 0. The number of benzene rings is 1. The predicted octanol–water partition coefficient (Wildman–Crippen LogP) is 5.08. The summed E-state index contributed by atoms with van der Waals surface area (Å²) >= 11 is 1.85. The van der Waals surface area contributed by atoms with Gasteiger partial charge in [-0.25, -0.2) is 0 Å². The van der Waals surface area contributed by atoms with E-state index in [2.05, 4.69) is 36.2 Å². The molecule has 1 heterocycles. The Morgan fingerprint density at radius 3 is 2.76 bits per heavy atom. The number of rotatable bonds is 8. The summed E-state index contributed by atoms with van der Waals surface area (Å²) in [6, 6.07) is 12.5. The molecule has 112 valence electrons. The molecule has 0 radical (unpaired) electrons. The van der Waals surface area contributed by atoms with Gasteiger partial charge in [0.15, 0.2) is 0 Å². The number of anilines is 1. The van der Waals surface area contributed by atoms with Crippen molar-refractivity contribution in [3.05, 3.63) is 53.9 Å². The van der Waals surface area contributed by atoms with E-state index in [1.807, 2.05) is 23.9 Å². The van der Waals surface area contributed by atoms with Crippen molar-refractivity contribution in [2.24, 2.45) is 0 Å². The fourth-order valence-electron chi connectivity index (χ4n) is 2.32. The van der Waals surface area contributed by atoms with Gasteiger partial charge in [0.1, 0.15) is 0 Å². The van der Waals surface area contributed by atoms with Crippen molar-refractivity contribution < 1.29 is 0 Å². The molecule has 0 saturated heterocycles. The first-order valence-electron chi connectivity index (χ1n) is 7.70. The fraction of sp³-hybridized carbons (Fsp3) is 0.389. The van der Waals surface area contributed by atoms with Crippen LogP contribution in [-0.2, 0) is 12.2 Å². The van der Waals surface area contributed by atoms with Gasteiger partial charge in [0.25, 0.3) is 0 Å². The highest BCUT2D eigenvalue weighted by Crippen LogP contribution is 2.27. The second-order valence-corrected chi connectivity index (χ2v) is 6.30. The zero-order chi connectivity index (χ0) is 14.9. The Kier molecular flexibility index (Phi) is 6.61. The van der Waals surface area contributed by atoms with Gasteiger partial charge in [-0.15, -0.1) is 11.8 Å². The summed E-state index contributed by atoms with van der Waals surface area (Å²) in [5, 5.41) is 0. The van der Waals surface area contributed by atoms with Crippen molar-refractivity contribution >= 4 is 17.4 Å². The summed E-state index contributed by atoms with van der Waals surface area (Å²) in [5.41, 5.74) is 9.09. The molecule has 21 heavy (non-hydrogen) atoms. The number of unbranched alkanes of at least 4 members (excludes halogenated alkanes) is 3. The van der Waals surface area contributed by atoms with E-state index >= 15 is 0 Å². The van der Waals surface area contributed by atoms with Gasteiger partial charge in [0.2, 0.25) is 0 Å². The number of aryl methyl sites for hydroxylation is 1. The smallest absolute Gasteiger partial charge is 0.0526 e. The van der Waals surface area contributed by atoms with Crippen molar-refractivity contribution in [1.29, 1.82) is 0 Å². The first kappa shape index (κ1) is 15.9. The van der Waals surface area contributed by atoms with E-state index in [4.69, 9.17) is 5.73 Å². The zero-order valence-electron chi connectivity index (χ0n) is 12.7. The van der Waals surface area contributed by atoms with Crippen molar-refractivity contribution in [2.75, 3.05) is 5.73 Å². The minimum absolute atomic E-state index is 0.786. The van der Waals surface area contributed by atoms with Crippen LogP contribution in [0.2, 0.25) is 0 Å². The largest absolute Gasteiger partial charge is 0.399 e. The molecule has 0 amide bonds. The van der Waals surface area contributed by atoms with Crippen LogP contribution in [0, 0.1) is 0 Å². The van der Waals surface area contributed by atoms with Crippen LogP contribution in [0.15, 0.2) is 47.5 Å². The van der Waals surface area contributed by atoms with E-state index in [0.29, 0.717) is 0 Å². The Labute approximate surface area is 132 Å². The average molecular weight is 300 g/mol. The monoisotopic (exact) mass is 300 g/mol. The molecule has 0 aliphatic rings. The number of hydrogen-bond acceptors (Lipinski definition) is 3. The lowest BCUT2D eigenvalue weighted by molar-refractivity contribution is 0.663. The number of nitrogens with two attached hydrogens (primary N) is 1. The Bertz CT molecular complexity index is 554. The fourth-order valence-corrected chi connectivity index (χ4v) is 3.31. The summed E-state index contributed by atoms with van der Waals surface area (Å²) < 4.78 is 0. The van der Waals surface area contributed by atoms with Crippen LogP contribution in [0.4, 0.5) is 5.69 Å². The third-order valence-corrected chi connectivity index (χ3v) is 4.64. The quantitative estimate of drug-likeness (QED) is 0.546. The summed E-state index contributed by atoms with van der Waals surface area (Å²) in [4.78, 5) is 5.74.